The Hall–Kier alpha value is -2.20. The van der Waals surface area contributed by atoms with E-state index in [4.69, 9.17) is 4.74 Å². The zero-order valence-electron chi connectivity index (χ0n) is 14.7. The minimum Gasteiger partial charge on any atom is -0.391 e. The van der Waals surface area contributed by atoms with Gasteiger partial charge in [0.2, 0.25) is 0 Å². The molecule has 0 aromatic heterocycles. The smallest absolute Gasteiger partial charge is 0.109 e. The minimum absolute atomic E-state index is 0.206. The van der Waals surface area contributed by atoms with Crippen molar-refractivity contribution in [3.05, 3.63) is 97.7 Å². The second-order valence-corrected chi connectivity index (χ2v) is 5.79. The van der Waals surface area contributed by atoms with Gasteiger partial charge in [0.05, 0.1) is 18.8 Å². The maximum absolute atomic E-state index is 10.2. The Morgan fingerprint density at radius 2 is 1.72 bits per heavy atom. The zero-order valence-corrected chi connectivity index (χ0v) is 14.7. The van der Waals surface area contributed by atoms with Crippen LogP contribution in [0.15, 0.2) is 97.7 Å². The predicted molar refractivity (Wildman–Crippen MR) is 105 cm³/mol. The van der Waals surface area contributed by atoms with Crippen LogP contribution in [0.25, 0.3) is 0 Å². The van der Waals surface area contributed by atoms with Crippen LogP contribution in [-0.4, -0.2) is 35.1 Å². The van der Waals surface area contributed by atoms with E-state index in [1.165, 1.54) is 0 Å². The molecule has 3 heteroatoms. The number of aliphatic hydroxyl groups is 2. The van der Waals surface area contributed by atoms with Gasteiger partial charge in [0.15, 0.2) is 0 Å². The lowest BCUT2D eigenvalue weighted by atomic mass is 9.93. The van der Waals surface area contributed by atoms with E-state index in [2.05, 4.69) is 26.3 Å². The van der Waals surface area contributed by atoms with Crippen LogP contribution in [-0.2, 0) is 4.74 Å². The summed E-state index contributed by atoms with van der Waals surface area (Å²) in [6, 6.07) is 0. The van der Waals surface area contributed by atoms with Crippen LogP contribution in [0.1, 0.15) is 12.8 Å². The van der Waals surface area contributed by atoms with E-state index in [1.54, 1.807) is 24.3 Å². The maximum Gasteiger partial charge on any atom is 0.109 e. The molecule has 0 bridgehead atoms. The molecule has 3 atom stereocenters. The molecule has 1 aliphatic heterocycles. The highest BCUT2D eigenvalue weighted by Crippen LogP contribution is 2.25. The van der Waals surface area contributed by atoms with Gasteiger partial charge < -0.3 is 14.9 Å². The first-order chi connectivity index (χ1) is 12.0. The molecule has 25 heavy (non-hydrogen) atoms. The molecule has 1 rings (SSSR count). The van der Waals surface area contributed by atoms with E-state index in [-0.39, 0.29) is 6.61 Å². The molecule has 0 aromatic carbocycles. The molecule has 2 unspecified atom stereocenters. The van der Waals surface area contributed by atoms with Gasteiger partial charge in [0, 0.05) is 6.42 Å². The monoisotopic (exact) mass is 340 g/mol. The molecule has 1 aliphatic rings. The van der Waals surface area contributed by atoms with Crippen LogP contribution in [0.4, 0.5) is 0 Å². The number of hydrogen-bond acceptors (Lipinski definition) is 3. The van der Waals surface area contributed by atoms with Crippen molar-refractivity contribution < 1.29 is 14.9 Å². The van der Waals surface area contributed by atoms with Gasteiger partial charge in [-0.15, -0.1) is 0 Å². The number of aliphatic hydroxyl groups excluding tert-OH is 2. The van der Waals surface area contributed by atoms with Crippen LogP contribution in [0, 0.1) is 0 Å². The van der Waals surface area contributed by atoms with Gasteiger partial charge in [-0.2, -0.15) is 0 Å². The first-order valence-electron chi connectivity index (χ1n) is 8.29. The summed E-state index contributed by atoms with van der Waals surface area (Å²) >= 11 is 0. The summed E-state index contributed by atoms with van der Waals surface area (Å²) in [4.78, 5) is 0. The summed E-state index contributed by atoms with van der Waals surface area (Å²) in [5.41, 5.74) is 2.83. The Morgan fingerprint density at radius 3 is 2.28 bits per heavy atom. The molecule has 3 nitrogen and oxygen atoms in total. The van der Waals surface area contributed by atoms with Crippen molar-refractivity contribution in [2.24, 2.45) is 0 Å². The van der Waals surface area contributed by atoms with Crippen LogP contribution >= 0.6 is 0 Å². The van der Waals surface area contributed by atoms with Crippen molar-refractivity contribution in [2.45, 2.75) is 31.2 Å². The zero-order chi connectivity index (χ0) is 18.7. The van der Waals surface area contributed by atoms with Gasteiger partial charge in [-0.05, 0) is 23.1 Å². The summed E-state index contributed by atoms with van der Waals surface area (Å²) in [6.07, 6.45) is 15.5. The highest BCUT2D eigenvalue weighted by molar-refractivity contribution is 5.40. The molecular formula is C22H28O3. The van der Waals surface area contributed by atoms with Crippen molar-refractivity contribution in [1.29, 1.82) is 0 Å². The van der Waals surface area contributed by atoms with E-state index >= 15 is 0 Å². The number of ether oxygens (including phenoxy) is 1. The van der Waals surface area contributed by atoms with Crippen LogP contribution < -0.4 is 0 Å². The molecule has 1 heterocycles. The van der Waals surface area contributed by atoms with Crippen LogP contribution in [0.5, 0.6) is 0 Å². The van der Waals surface area contributed by atoms with Gasteiger partial charge in [-0.25, -0.2) is 0 Å². The van der Waals surface area contributed by atoms with Crippen LogP contribution in [0.3, 0.4) is 0 Å². The van der Waals surface area contributed by atoms with E-state index in [9.17, 15) is 10.2 Å². The fraction of sp³-hybridized carbons (Fsp3) is 0.273. The first-order valence-corrected chi connectivity index (χ1v) is 8.29. The molecule has 0 aliphatic carbocycles. The lowest BCUT2D eigenvalue weighted by molar-refractivity contribution is -0.106. The van der Waals surface area contributed by atoms with Gasteiger partial charge in [-0.1, -0.05) is 81.0 Å². The number of hydrogen-bond donors (Lipinski definition) is 2. The van der Waals surface area contributed by atoms with Crippen molar-refractivity contribution in [2.75, 3.05) is 6.61 Å². The highest BCUT2D eigenvalue weighted by Gasteiger charge is 2.30. The lowest BCUT2D eigenvalue weighted by Crippen LogP contribution is -2.41. The topological polar surface area (TPSA) is 49.7 Å². The highest BCUT2D eigenvalue weighted by atomic mass is 16.5. The van der Waals surface area contributed by atoms with Gasteiger partial charge in [0.25, 0.3) is 0 Å². The Bertz CT molecular complexity index is 605. The summed E-state index contributed by atoms with van der Waals surface area (Å²) in [6.45, 7) is 15.2. The lowest BCUT2D eigenvalue weighted by Gasteiger charge is -2.32. The summed E-state index contributed by atoms with van der Waals surface area (Å²) in [5, 5.41) is 19.9. The van der Waals surface area contributed by atoms with E-state index in [0.717, 1.165) is 16.7 Å². The number of rotatable bonds is 9. The standard InChI is InChI=1S/C22H28O3/c1-5-9-12-18(10-6-2)13-17(8-4)14-19(11-7-3)22-21(24)15-20(23)16-25-22/h5-12,14,20-24H,1-4,13,15-16H2/b12-9-,17-14+,18-10+,19-11+/t20?,21?,22-/m0/s1. The minimum atomic E-state index is -0.763. The third-order valence-electron chi connectivity index (χ3n) is 3.77. The SMILES string of the molecule is C=C/C=C\C(=C/C=C)C/C(C=C)=C/C(=C\C=C)[C@@H]1OCC(O)CC1O. The molecule has 0 saturated carbocycles. The molecule has 1 saturated heterocycles. The molecule has 0 spiro atoms. The second-order valence-electron chi connectivity index (χ2n) is 5.79. The molecule has 134 valence electrons. The predicted octanol–water partition coefficient (Wildman–Crippen LogP) is 3.97. The Morgan fingerprint density at radius 1 is 1.00 bits per heavy atom. The molecule has 0 radical (unpaired) electrons. The van der Waals surface area contributed by atoms with E-state index in [1.807, 2.05) is 30.4 Å². The molecule has 0 amide bonds. The largest absolute Gasteiger partial charge is 0.391 e. The van der Waals surface area contributed by atoms with Gasteiger partial charge >= 0.3 is 0 Å². The van der Waals surface area contributed by atoms with Gasteiger partial charge in [-0.3, -0.25) is 0 Å². The summed E-state index contributed by atoms with van der Waals surface area (Å²) in [5.74, 6) is 0. The third kappa shape index (κ3) is 7.06. The van der Waals surface area contributed by atoms with Crippen molar-refractivity contribution in [3.63, 3.8) is 0 Å². The Balaban J connectivity index is 3.07. The molecule has 1 fully saturated rings. The van der Waals surface area contributed by atoms with Crippen molar-refractivity contribution in [3.8, 4) is 0 Å². The quantitative estimate of drug-likeness (QED) is 0.625. The van der Waals surface area contributed by atoms with E-state index < -0.39 is 18.3 Å². The van der Waals surface area contributed by atoms with Crippen LogP contribution in [0.2, 0.25) is 0 Å². The number of allylic oxidation sites excluding steroid dienone is 10. The molecule has 0 aromatic rings. The third-order valence-corrected chi connectivity index (χ3v) is 3.77. The van der Waals surface area contributed by atoms with Crippen molar-refractivity contribution >= 4 is 0 Å². The summed E-state index contributed by atoms with van der Waals surface area (Å²) < 4.78 is 5.63. The second kappa shape index (κ2) is 11.4. The Labute approximate surface area is 151 Å². The fourth-order valence-corrected chi connectivity index (χ4v) is 2.62. The fourth-order valence-electron chi connectivity index (χ4n) is 2.62. The maximum atomic E-state index is 10.2. The summed E-state index contributed by atoms with van der Waals surface area (Å²) in [7, 11) is 0. The Kier molecular flexibility index (Phi) is 9.48. The van der Waals surface area contributed by atoms with Gasteiger partial charge in [0.1, 0.15) is 6.10 Å². The molecule has 2 N–H and O–H groups in total. The first kappa shape index (κ1) is 20.8. The average Bonchev–Trinajstić information content (AvgIpc) is 2.58. The average molecular weight is 340 g/mol. The van der Waals surface area contributed by atoms with E-state index in [0.29, 0.717) is 12.8 Å². The molecular weight excluding hydrogens is 312 g/mol. The normalized spacial score (nSPS) is 25.7. The van der Waals surface area contributed by atoms with Crippen molar-refractivity contribution in [1.82, 2.24) is 0 Å².